The van der Waals surface area contributed by atoms with E-state index >= 15 is 0 Å². The predicted octanol–water partition coefficient (Wildman–Crippen LogP) is 2.77. The lowest BCUT2D eigenvalue weighted by Crippen LogP contribution is -2.36. The fourth-order valence-corrected chi connectivity index (χ4v) is 3.82. The molecular weight excluding hydrogens is 272 g/mol. The number of nitrogens with two attached hydrogens (primary N) is 1. The third-order valence-corrected chi connectivity index (χ3v) is 5.26. The van der Waals surface area contributed by atoms with Gasteiger partial charge in [-0.1, -0.05) is 13.8 Å². The van der Waals surface area contributed by atoms with Gasteiger partial charge in [0.15, 0.2) is 5.78 Å². The largest absolute Gasteiger partial charge is 0.397 e. The molecule has 0 saturated carbocycles. The summed E-state index contributed by atoms with van der Waals surface area (Å²) in [6.45, 7) is 7.50. The van der Waals surface area contributed by atoms with Crippen LogP contribution in [0.2, 0.25) is 0 Å². The molecule has 1 atom stereocenters. The average Bonchev–Trinajstić information content (AvgIpc) is 2.80. The van der Waals surface area contributed by atoms with E-state index in [0.29, 0.717) is 16.5 Å². The van der Waals surface area contributed by atoms with Crippen molar-refractivity contribution in [3.8, 4) is 0 Å². The number of aliphatic hydroxyl groups excluding tert-OH is 1. The molecule has 1 aliphatic heterocycles. The lowest BCUT2D eigenvalue weighted by Gasteiger charge is -2.33. The molecule has 20 heavy (non-hydrogen) atoms. The molecular formula is C15H24N2O2S. The second-order valence-corrected chi connectivity index (χ2v) is 6.98. The van der Waals surface area contributed by atoms with E-state index in [-0.39, 0.29) is 17.8 Å². The van der Waals surface area contributed by atoms with Gasteiger partial charge in [-0.2, -0.15) is 0 Å². The summed E-state index contributed by atoms with van der Waals surface area (Å²) in [6, 6.07) is 1.92. The van der Waals surface area contributed by atoms with Crippen LogP contribution < -0.4 is 10.6 Å². The van der Waals surface area contributed by atoms with Crippen molar-refractivity contribution in [2.75, 3.05) is 23.7 Å². The number of piperidine rings is 1. The maximum atomic E-state index is 12.1. The Bertz CT molecular complexity index is 474. The summed E-state index contributed by atoms with van der Waals surface area (Å²) in [5.74, 6) is 0.489. The Balaban J connectivity index is 2.08. The van der Waals surface area contributed by atoms with Crippen LogP contribution in [0.3, 0.4) is 0 Å². The average molecular weight is 296 g/mol. The summed E-state index contributed by atoms with van der Waals surface area (Å²) < 4.78 is 0. The monoisotopic (exact) mass is 296 g/mol. The molecule has 1 fully saturated rings. The predicted molar refractivity (Wildman–Crippen MR) is 84.5 cm³/mol. The minimum Gasteiger partial charge on any atom is -0.397 e. The topological polar surface area (TPSA) is 66.6 Å². The highest BCUT2D eigenvalue weighted by Gasteiger charge is 2.25. The van der Waals surface area contributed by atoms with Crippen molar-refractivity contribution >= 4 is 27.8 Å². The van der Waals surface area contributed by atoms with Gasteiger partial charge in [0.1, 0.15) is 0 Å². The number of nitrogens with zero attached hydrogens (tertiary/aromatic N) is 1. The third-order valence-electron chi connectivity index (χ3n) is 4.03. The highest BCUT2D eigenvalue weighted by atomic mass is 32.1. The molecule has 0 bridgehead atoms. The number of anilines is 2. The van der Waals surface area contributed by atoms with Crippen LogP contribution in [0, 0.1) is 11.8 Å². The van der Waals surface area contributed by atoms with Gasteiger partial charge in [0.25, 0.3) is 0 Å². The van der Waals surface area contributed by atoms with E-state index in [9.17, 15) is 9.90 Å². The Morgan fingerprint density at radius 2 is 2.00 bits per heavy atom. The molecule has 0 amide bonds. The number of carbonyl (C=O) groups excluding carboxylic acids is 1. The number of ketones is 1. The Kier molecular flexibility index (Phi) is 4.70. The molecule has 1 saturated heterocycles. The standard InChI is InChI=1S/C15H24N2O2S/c1-9(2)14(19)15-12(16)8-13(20-15)17-6-4-11(5-7-17)10(3)18/h8-11,18H,4-7,16H2,1-3H3. The number of Topliss-reactive ketones (excluding diaryl/α,β-unsaturated/α-hetero) is 1. The van der Waals surface area contributed by atoms with Crippen molar-refractivity contribution in [2.45, 2.75) is 39.7 Å². The summed E-state index contributed by atoms with van der Waals surface area (Å²) in [7, 11) is 0. The van der Waals surface area contributed by atoms with Crippen LogP contribution in [0.5, 0.6) is 0 Å². The van der Waals surface area contributed by atoms with E-state index in [2.05, 4.69) is 4.90 Å². The quantitative estimate of drug-likeness (QED) is 0.838. The third kappa shape index (κ3) is 3.15. The molecule has 0 radical (unpaired) electrons. The van der Waals surface area contributed by atoms with E-state index in [0.717, 1.165) is 30.9 Å². The summed E-state index contributed by atoms with van der Waals surface area (Å²) in [5, 5.41) is 10.7. The van der Waals surface area contributed by atoms with Gasteiger partial charge >= 0.3 is 0 Å². The van der Waals surface area contributed by atoms with Crippen molar-refractivity contribution in [3.63, 3.8) is 0 Å². The van der Waals surface area contributed by atoms with Crippen molar-refractivity contribution in [1.29, 1.82) is 0 Å². The van der Waals surface area contributed by atoms with Gasteiger partial charge in [-0.3, -0.25) is 4.79 Å². The first kappa shape index (κ1) is 15.3. The summed E-state index contributed by atoms with van der Waals surface area (Å²) in [6.07, 6.45) is 1.75. The first-order valence-electron chi connectivity index (χ1n) is 7.26. The lowest BCUT2D eigenvalue weighted by molar-refractivity contribution is 0.0944. The van der Waals surface area contributed by atoms with E-state index < -0.39 is 0 Å². The molecule has 2 heterocycles. The smallest absolute Gasteiger partial charge is 0.177 e. The van der Waals surface area contributed by atoms with Gasteiger partial charge in [-0.05, 0) is 31.7 Å². The fourth-order valence-electron chi connectivity index (χ4n) is 2.60. The zero-order valence-corrected chi connectivity index (χ0v) is 13.2. The number of aliphatic hydroxyl groups is 1. The van der Waals surface area contributed by atoms with Crippen LogP contribution >= 0.6 is 11.3 Å². The maximum absolute atomic E-state index is 12.1. The van der Waals surface area contributed by atoms with Gasteiger partial charge in [-0.15, -0.1) is 11.3 Å². The summed E-state index contributed by atoms with van der Waals surface area (Å²) >= 11 is 1.50. The normalized spacial score (nSPS) is 18.6. The van der Waals surface area contributed by atoms with Gasteiger partial charge < -0.3 is 15.7 Å². The van der Waals surface area contributed by atoms with Gasteiger partial charge in [0.2, 0.25) is 0 Å². The van der Waals surface area contributed by atoms with E-state index in [1.807, 2.05) is 26.8 Å². The number of hydrogen-bond acceptors (Lipinski definition) is 5. The summed E-state index contributed by atoms with van der Waals surface area (Å²) in [4.78, 5) is 15.0. The summed E-state index contributed by atoms with van der Waals surface area (Å²) in [5.41, 5.74) is 6.58. The SMILES string of the molecule is CC(C)C(=O)c1sc(N2CCC(C(C)O)CC2)cc1N. The number of rotatable bonds is 4. The molecule has 0 spiro atoms. The molecule has 1 aromatic rings. The zero-order chi connectivity index (χ0) is 14.9. The van der Waals surface area contributed by atoms with Crippen LogP contribution in [0.1, 0.15) is 43.3 Å². The molecule has 1 aliphatic rings. The maximum Gasteiger partial charge on any atom is 0.177 e. The fraction of sp³-hybridized carbons (Fsp3) is 0.667. The zero-order valence-electron chi connectivity index (χ0n) is 12.4. The van der Waals surface area contributed by atoms with Gasteiger partial charge in [0.05, 0.1) is 21.7 Å². The lowest BCUT2D eigenvalue weighted by atomic mass is 9.92. The second kappa shape index (κ2) is 6.14. The van der Waals surface area contributed by atoms with Crippen LogP contribution in [0.25, 0.3) is 0 Å². The molecule has 5 heteroatoms. The second-order valence-electron chi connectivity index (χ2n) is 5.95. The van der Waals surface area contributed by atoms with Crippen LogP contribution in [0.4, 0.5) is 10.7 Å². The molecule has 2 rings (SSSR count). The highest BCUT2D eigenvalue weighted by molar-refractivity contribution is 7.18. The Morgan fingerprint density at radius 3 is 2.50 bits per heavy atom. The number of thiophene rings is 1. The Labute approximate surface area is 124 Å². The van der Waals surface area contributed by atoms with Crippen molar-refractivity contribution in [2.24, 2.45) is 11.8 Å². The van der Waals surface area contributed by atoms with Gasteiger partial charge in [-0.25, -0.2) is 0 Å². The molecule has 0 aromatic carbocycles. The van der Waals surface area contributed by atoms with E-state index in [1.54, 1.807) is 0 Å². The van der Waals surface area contributed by atoms with E-state index in [1.165, 1.54) is 11.3 Å². The molecule has 1 aromatic heterocycles. The Morgan fingerprint density at radius 1 is 1.40 bits per heavy atom. The molecule has 112 valence electrons. The van der Waals surface area contributed by atoms with Crippen molar-refractivity contribution in [3.05, 3.63) is 10.9 Å². The molecule has 0 aliphatic carbocycles. The highest BCUT2D eigenvalue weighted by Crippen LogP contribution is 2.36. The van der Waals surface area contributed by atoms with Crippen molar-refractivity contribution < 1.29 is 9.90 Å². The number of hydrogen-bond donors (Lipinski definition) is 2. The minimum atomic E-state index is -0.233. The molecule has 3 N–H and O–H groups in total. The van der Waals surface area contributed by atoms with Crippen molar-refractivity contribution in [1.82, 2.24) is 0 Å². The van der Waals surface area contributed by atoms with E-state index in [4.69, 9.17) is 5.73 Å². The van der Waals surface area contributed by atoms with Crippen LogP contribution in [0.15, 0.2) is 6.07 Å². The Hall–Kier alpha value is -1.07. The minimum absolute atomic E-state index is 0.0234. The number of carbonyl (C=O) groups is 1. The van der Waals surface area contributed by atoms with Crippen LogP contribution in [-0.4, -0.2) is 30.1 Å². The molecule has 4 nitrogen and oxygen atoms in total. The first-order valence-corrected chi connectivity index (χ1v) is 8.08. The molecule has 1 unspecified atom stereocenters. The number of nitrogen functional groups attached to an aromatic ring is 1. The van der Waals surface area contributed by atoms with Gasteiger partial charge in [0, 0.05) is 19.0 Å². The van der Waals surface area contributed by atoms with Crippen LogP contribution in [-0.2, 0) is 0 Å². The first-order chi connectivity index (χ1) is 9.40.